The first kappa shape index (κ1) is 45.1. The number of anilines is 2. The number of methoxy groups -OCH3 is 2. The molecule has 2 fully saturated rings. The number of esters is 2. The predicted molar refractivity (Wildman–Crippen MR) is 233 cm³/mol. The smallest absolute Gasteiger partial charge is 0.337 e. The molecule has 2 aromatic heterocycles. The fourth-order valence-corrected chi connectivity index (χ4v) is 8.10. The Morgan fingerprint density at radius 3 is 1.82 bits per heavy atom. The highest BCUT2D eigenvalue weighted by Gasteiger charge is 2.26. The maximum atomic E-state index is 14.8. The Labute approximate surface area is 358 Å². The highest BCUT2D eigenvalue weighted by atomic mass is 32.2. The second-order valence-electron chi connectivity index (χ2n) is 14.8. The molecule has 15 nitrogen and oxygen atoms in total. The third-order valence-corrected chi connectivity index (χ3v) is 12.2. The number of urea groups is 1. The van der Waals surface area contributed by atoms with Crippen molar-refractivity contribution in [2.75, 3.05) is 62.1 Å². The van der Waals surface area contributed by atoms with Gasteiger partial charge in [0.05, 0.1) is 66.8 Å². The number of carbonyl (C=O) groups excluding carboxylic acids is 3. The number of rotatable bonds is 8. The largest absolute Gasteiger partial charge is 0.465 e. The molecule has 8 rings (SSSR count). The van der Waals surface area contributed by atoms with Crippen molar-refractivity contribution in [1.82, 2.24) is 29.8 Å². The number of hydrogen-bond donors (Lipinski definition) is 2. The molecular weight excluding hydrogens is 823 g/mol. The van der Waals surface area contributed by atoms with Gasteiger partial charge in [-0.1, -0.05) is 12.1 Å². The number of hydrogen-bond acceptors (Lipinski definition) is 11. The Balaban J connectivity index is 0.000000181. The Hall–Kier alpha value is -6.40. The lowest BCUT2D eigenvalue weighted by molar-refractivity contribution is 0.0591. The van der Waals surface area contributed by atoms with Gasteiger partial charge in [0.15, 0.2) is 9.84 Å². The van der Waals surface area contributed by atoms with Crippen LogP contribution < -0.4 is 15.5 Å². The summed E-state index contributed by atoms with van der Waals surface area (Å²) in [6, 6.07) is 19.9. The zero-order valence-corrected chi connectivity index (χ0v) is 35.9. The number of likely N-dealkylation sites (tertiary alicyclic amines) is 1. The molecule has 0 radical (unpaired) electrons. The van der Waals surface area contributed by atoms with Crippen LogP contribution >= 0.6 is 0 Å². The van der Waals surface area contributed by atoms with E-state index in [1.807, 2.05) is 55.4 Å². The van der Waals surface area contributed by atoms with Gasteiger partial charge in [-0.3, -0.25) is 14.3 Å². The molecule has 2 N–H and O–H groups in total. The SMILES string of the molecule is COC(=O)c1ccc(CN(C(=O)N2CCCCC2)c2ccc3cnn(C)c3c2)c(F)c1.COC(=O)c1ccc(CNc2ccc3cnn(C)c3c2)c(F)c1.O=S1(=O)CCNCC1. The summed E-state index contributed by atoms with van der Waals surface area (Å²) in [5.74, 6) is -1.53. The van der Waals surface area contributed by atoms with E-state index in [1.165, 1.54) is 32.4 Å². The molecule has 2 saturated heterocycles. The lowest BCUT2D eigenvalue weighted by Gasteiger charge is -2.33. The van der Waals surface area contributed by atoms with E-state index >= 15 is 0 Å². The van der Waals surface area contributed by atoms with E-state index in [9.17, 15) is 31.6 Å². The number of piperidine rings is 1. The molecule has 0 unspecified atom stereocenters. The number of nitrogens with zero attached hydrogens (tertiary/aromatic N) is 6. The Morgan fingerprint density at radius 1 is 0.742 bits per heavy atom. The highest BCUT2D eigenvalue weighted by Crippen LogP contribution is 2.27. The van der Waals surface area contributed by atoms with Crippen LogP contribution in [0.15, 0.2) is 85.2 Å². The van der Waals surface area contributed by atoms with Crippen LogP contribution in [0.3, 0.4) is 0 Å². The van der Waals surface area contributed by atoms with Gasteiger partial charge in [-0.15, -0.1) is 0 Å². The molecule has 328 valence electrons. The quantitative estimate of drug-likeness (QED) is 0.166. The average molecular weight is 873 g/mol. The van der Waals surface area contributed by atoms with Crippen molar-refractivity contribution in [2.45, 2.75) is 32.4 Å². The molecule has 0 atom stereocenters. The number of fused-ring (bicyclic) bond motifs is 2. The van der Waals surface area contributed by atoms with E-state index in [0.29, 0.717) is 61.0 Å². The van der Waals surface area contributed by atoms with Gasteiger partial charge >= 0.3 is 18.0 Å². The molecule has 6 aromatic rings. The van der Waals surface area contributed by atoms with Crippen LogP contribution in [0, 0.1) is 11.6 Å². The van der Waals surface area contributed by atoms with Crippen LogP contribution in [-0.4, -0.2) is 103 Å². The molecule has 62 heavy (non-hydrogen) atoms. The first-order chi connectivity index (χ1) is 29.8. The number of aryl methyl sites for hydroxylation is 2. The lowest BCUT2D eigenvalue weighted by atomic mass is 10.1. The van der Waals surface area contributed by atoms with E-state index in [2.05, 4.69) is 30.3 Å². The topological polar surface area (TPSA) is 170 Å². The van der Waals surface area contributed by atoms with Gasteiger partial charge in [0.1, 0.15) is 11.6 Å². The van der Waals surface area contributed by atoms with Crippen molar-refractivity contribution in [2.24, 2.45) is 14.1 Å². The number of ether oxygens (including phenoxy) is 2. The average Bonchev–Trinajstić information content (AvgIpc) is 3.85. The maximum Gasteiger partial charge on any atom is 0.337 e. The van der Waals surface area contributed by atoms with Gasteiger partial charge in [-0.25, -0.2) is 31.6 Å². The molecule has 0 saturated carbocycles. The molecule has 18 heteroatoms. The highest BCUT2D eigenvalue weighted by molar-refractivity contribution is 7.91. The van der Waals surface area contributed by atoms with Crippen molar-refractivity contribution in [3.05, 3.63) is 119 Å². The van der Waals surface area contributed by atoms with E-state index in [0.717, 1.165) is 52.8 Å². The molecule has 0 aliphatic carbocycles. The van der Waals surface area contributed by atoms with Gasteiger partial charge in [-0.05, 0) is 79.9 Å². The van der Waals surface area contributed by atoms with Gasteiger partial charge in [0.2, 0.25) is 0 Å². The maximum absolute atomic E-state index is 14.8. The summed E-state index contributed by atoms with van der Waals surface area (Å²) in [5, 5.41) is 16.6. The van der Waals surface area contributed by atoms with Crippen LogP contribution in [0.1, 0.15) is 51.1 Å². The van der Waals surface area contributed by atoms with Gasteiger partial charge < -0.3 is 25.0 Å². The summed E-state index contributed by atoms with van der Waals surface area (Å²) in [5.41, 5.74) is 4.55. The van der Waals surface area contributed by atoms with E-state index in [1.54, 1.807) is 38.8 Å². The molecule has 2 aliphatic heterocycles. The summed E-state index contributed by atoms with van der Waals surface area (Å²) in [6.45, 7) is 2.99. The Kier molecular flexibility index (Phi) is 14.9. The number of halogens is 2. The number of sulfone groups is 1. The van der Waals surface area contributed by atoms with Crippen molar-refractivity contribution in [3.63, 3.8) is 0 Å². The molecular formula is C44H50F2N8O7S. The first-order valence-corrected chi connectivity index (χ1v) is 21.9. The van der Waals surface area contributed by atoms with E-state index in [-0.39, 0.29) is 23.7 Å². The second-order valence-corrected chi connectivity index (χ2v) is 17.1. The number of aromatic nitrogens is 4. The van der Waals surface area contributed by atoms with Crippen molar-refractivity contribution >= 4 is 61.0 Å². The van der Waals surface area contributed by atoms with Crippen LogP contribution in [-0.2, 0) is 46.5 Å². The third-order valence-electron chi connectivity index (χ3n) is 10.6. The number of nitrogens with one attached hydrogen (secondary N) is 2. The van der Waals surface area contributed by atoms with Gasteiger partial charge in [-0.2, -0.15) is 10.2 Å². The standard InChI is InChI=1S/C23H25FN4O3.C17H16FN3O2.C4H9NO2S/c1-26-21-13-19(9-8-17(21)14-25-26)28(23(30)27-10-4-3-5-11-27)15-18-7-6-16(12-20(18)24)22(29)31-2;1-21-16-8-14(6-5-13(16)10-20-21)19-9-12-4-3-11(7-15(12)18)17(22)23-2;6-8(7)3-1-5-2-4-8/h6-9,12-14H,3-5,10-11,15H2,1-2H3;3-8,10,19H,9H2,1-2H3;5H,1-4H2. The minimum Gasteiger partial charge on any atom is -0.465 e. The monoisotopic (exact) mass is 872 g/mol. The Bertz CT molecular complexity index is 2650. The lowest BCUT2D eigenvalue weighted by Crippen LogP contribution is -2.45. The minimum absolute atomic E-state index is 0.0476. The molecule has 4 aromatic carbocycles. The third kappa shape index (κ3) is 11.3. The van der Waals surface area contributed by atoms with Crippen LogP contribution in [0.2, 0.25) is 0 Å². The zero-order chi connectivity index (χ0) is 44.4. The van der Waals surface area contributed by atoms with Crippen molar-refractivity contribution in [3.8, 4) is 0 Å². The summed E-state index contributed by atoms with van der Waals surface area (Å²) in [7, 11) is 3.59. The van der Waals surface area contributed by atoms with Crippen LogP contribution in [0.4, 0.5) is 25.0 Å². The predicted octanol–water partition coefficient (Wildman–Crippen LogP) is 6.23. The van der Waals surface area contributed by atoms with Crippen molar-refractivity contribution in [1.29, 1.82) is 0 Å². The summed E-state index contributed by atoms with van der Waals surface area (Å²) in [4.78, 5) is 39.9. The summed E-state index contributed by atoms with van der Waals surface area (Å²) < 4.78 is 62.9. The summed E-state index contributed by atoms with van der Waals surface area (Å²) >= 11 is 0. The molecule has 0 spiro atoms. The second kappa shape index (κ2) is 20.4. The molecule has 0 bridgehead atoms. The number of benzene rings is 4. The normalized spacial score (nSPS) is 14.5. The zero-order valence-electron chi connectivity index (χ0n) is 35.1. The van der Waals surface area contributed by atoms with Crippen molar-refractivity contribution < 1.29 is 41.1 Å². The summed E-state index contributed by atoms with van der Waals surface area (Å²) in [6.07, 6.45) is 6.59. The molecule has 2 aliphatic rings. The minimum atomic E-state index is -2.65. The van der Waals surface area contributed by atoms with E-state index in [4.69, 9.17) is 0 Å². The number of carbonyl (C=O) groups is 3. The molecule has 2 amide bonds. The van der Waals surface area contributed by atoms with Crippen LogP contribution in [0.5, 0.6) is 0 Å². The van der Waals surface area contributed by atoms with Crippen LogP contribution in [0.25, 0.3) is 21.8 Å². The first-order valence-electron chi connectivity index (χ1n) is 20.1. The fraction of sp³-hybridized carbons (Fsp3) is 0.341. The molecule has 4 heterocycles. The van der Waals surface area contributed by atoms with E-state index < -0.39 is 33.4 Å². The van der Waals surface area contributed by atoms with Gasteiger partial charge in [0, 0.05) is 80.1 Å². The Morgan fingerprint density at radius 2 is 1.29 bits per heavy atom. The number of amides is 2. The van der Waals surface area contributed by atoms with Gasteiger partial charge in [0.25, 0.3) is 0 Å². The fourth-order valence-electron chi connectivity index (χ4n) is 6.99.